The summed E-state index contributed by atoms with van der Waals surface area (Å²) in [6.07, 6.45) is 40.7. The zero-order chi connectivity index (χ0) is 43.2. The monoisotopic (exact) mass is 835 g/mol. The van der Waals surface area contributed by atoms with Gasteiger partial charge in [0.15, 0.2) is 6.10 Å². The minimum atomic E-state index is -4.46. The van der Waals surface area contributed by atoms with Gasteiger partial charge in [-0.2, -0.15) is 0 Å². The number of unbranched alkanes of at least 4 members (excludes halogenated alkanes) is 2. The number of nitrogens with zero attached hydrogens (tertiary/aromatic N) is 1. The van der Waals surface area contributed by atoms with Crippen molar-refractivity contribution in [1.29, 1.82) is 0 Å². The Hall–Kier alpha value is -3.15. The van der Waals surface area contributed by atoms with Crippen molar-refractivity contribution in [2.24, 2.45) is 0 Å². The number of phosphoric acid groups is 1. The van der Waals surface area contributed by atoms with E-state index in [0.717, 1.165) is 64.2 Å². The normalized spacial score (nSPS) is 15.7. The van der Waals surface area contributed by atoms with E-state index in [2.05, 4.69) is 92.8 Å². The number of aliphatic hydroxyl groups excluding tert-OH is 2. The van der Waals surface area contributed by atoms with Crippen molar-refractivity contribution >= 4 is 19.8 Å². The van der Waals surface area contributed by atoms with Crippen LogP contribution in [0.25, 0.3) is 0 Å². The number of quaternary nitrogens is 1. The van der Waals surface area contributed by atoms with Gasteiger partial charge in [0.1, 0.15) is 19.8 Å². The molecule has 0 aromatic heterocycles. The number of aliphatic hydroxyl groups is 2. The Bertz CT molecular complexity index is 1340. The third-order valence-corrected chi connectivity index (χ3v) is 9.29. The molecule has 1 unspecified atom stereocenters. The van der Waals surface area contributed by atoms with Gasteiger partial charge >= 0.3 is 19.8 Å². The second-order valence-corrected chi connectivity index (χ2v) is 16.4. The Morgan fingerprint density at radius 2 is 1.09 bits per heavy atom. The number of likely N-dealkylation sites (N-methyl/N-ethyl adjacent to an activating group) is 1. The smallest absolute Gasteiger partial charge is 0.462 e. The number of carbonyl (C=O) groups excluding carboxylic acids is 2. The molecule has 0 amide bonds. The molecule has 0 fully saturated rings. The Balaban J connectivity index is 4.72. The van der Waals surface area contributed by atoms with Crippen LogP contribution in [-0.2, 0) is 32.7 Å². The van der Waals surface area contributed by atoms with Gasteiger partial charge < -0.3 is 29.1 Å². The van der Waals surface area contributed by atoms with Crippen LogP contribution in [0.2, 0.25) is 0 Å². The third kappa shape index (κ3) is 38.4. The lowest BCUT2D eigenvalue weighted by atomic mass is 10.0. The van der Waals surface area contributed by atoms with E-state index < -0.39 is 44.7 Å². The number of rotatable bonds is 36. The standard InChI is InChI=1S/C46H76NO10P/c1-6-8-10-12-14-16-18-20-21-22-24-26-28-30-32-36-46(51)57-42(41-56-58(52,53)55-39-38-47(3,4)5)40-54-45(50)37-33-35-44(49)43(48)34-31-29-27-25-23-19-17-15-13-11-9-7-2/h8-11,14-17,20-21,23-26,29,31,42-44,48-49H,6-7,12-13,18-19,22,27-28,30,32-41H2,1-5H3/p+1/b10-8-,11-9-,16-14-,17-15-,21-20-,25-23-,26-24-,31-29-/t42-,43+,44+/m1/s1. The fraction of sp³-hybridized carbons (Fsp3) is 0.609. The average Bonchev–Trinajstić information content (AvgIpc) is 3.17. The number of hydrogen-bond donors (Lipinski definition) is 3. The topological polar surface area (TPSA) is 149 Å². The van der Waals surface area contributed by atoms with Crippen LogP contribution in [-0.4, -0.2) is 97.3 Å². The van der Waals surface area contributed by atoms with Gasteiger partial charge in [0, 0.05) is 12.8 Å². The number of allylic oxidation sites excluding steroid dienone is 15. The molecule has 0 spiro atoms. The highest BCUT2D eigenvalue weighted by Crippen LogP contribution is 2.43. The molecule has 0 bridgehead atoms. The summed E-state index contributed by atoms with van der Waals surface area (Å²) in [4.78, 5) is 35.4. The SMILES string of the molecule is CC/C=C\C/C=C\C/C=C\C/C=C\CCCCC(=O)O[C@H](COC(=O)CCC[C@H](O)[C@@H](O)C/C=C\C/C=C\C/C=C\C/C=C\CC)COP(=O)(O)OCC[N+](C)(C)C. The molecule has 11 nitrogen and oxygen atoms in total. The van der Waals surface area contributed by atoms with Crippen molar-refractivity contribution in [3.8, 4) is 0 Å². The quantitative estimate of drug-likeness (QED) is 0.0183. The summed E-state index contributed by atoms with van der Waals surface area (Å²) in [5, 5.41) is 20.7. The molecule has 4 atom stereocenters. The zero-order valence-corrected chi connectivity index (χ0v) is 37.1. The van der Waals surface area contributed by atoms with Crippen LogP contribution in [0.5, 0.6) is 0 Å². The predicted molar refractivity (Wildman–Crippen MR) is 236 cm³/mol. The number of esters is 2. The fourth-order valence-corrected chi connectivity index (χ4v) is 5.65. The Kier molecular flexibility index (Phi) is 34.9. The van der Waals surface area contributed by atoms with E-state index in [1.165, 1.54) is 0 Å². The van der Waals surface area contributed by atoms with E-state index in [4.69, 9.17) is 18.5 Å². The van der Waals surface area contributed by atoms with Crippen LogP contribution in [0.1, 0.15) is 117 Å². The minimum absolute atomic E-state index is 0.0278. The Morgan fingerprint density at radius 3 is 1.60 bits per heavy atom. The zero-order valence-electron chi connectivity index (χ0n) is 36.2. The van der Waals surface area contributed by atoms with E-state index in [1.807, 2.05) is 39.4 Å². The van der Waals surface area contributed by atoms with E-state index >= 15 is 0 Å². The summed E-state index contributed by atoms with van der Waals surface area (Å²) in [6, 6.07) is 0. The molecular weight excluding hydrogens is 757 g/mol. The fourth-order valence-electron chi connectivity index (χ4n) is 4.91. The molecular formula is C46H77NO10P+. The Labute approximate surface area is 350 Å². The molecule has 58 heavy (non-hydrogen) atoms. The first-order valence-corrected chi connectivity index (χ1v) is 22.6. The number of carbonyl (C=O) groups is 2. The first kappa shape index (κ1) is 54.9. The second-order valence-electron chi connectivity index (χ2n) is 14.9. The van der Waals surface area contributed by atoms with Crippen LogP contribution in [0.3, 0.4) is 0 Å². The molecule has 0 aromatic rings. The van der Waals surface area contributed by atoms with Gasteiger partial charge in [-0.1, -0.05) is 111 Å². The lowest BCUT2D eigenvalue weighted by Gasteiger charge is -2.24. The van der Waals surface area contributed by atoms with Crippen molar-refractivity contribution in [1.82, 2.24) is 0 Å². The van der Waals surface area contributed by atoms with Gasteiger partial charge in [0.05, 0.1) is 40.0 Å². The molecule has 330 valence electrons. The molecule has 0 rings (SSSR count). The van der Waals surface area contributed by atoms with E-state index in [9.17, 15) is 29.3 Å². The summed E-state index contributed by atoms with van der Waals surface area (Å²) >= 11 is 0. The summed E-state index contributed by atoms with van der Waals surface area (Å²) in [5.41, 5.74) is 0. The highest BCUT2D eigenvalue weighted by Gasteiger charge is 2.27. The summed E-state index contributed by atoms with van der Waals surface area (Å²) in [6.45, 7) is 3.76. The molecule has 0 aliphatic heterocycles. The largest absolute Gasteiger partial charge is 0.472 e. The molecule has 3 N–H and O–H groups in total. The minimum Gasteiger partial charge on any atom is -0.462 e. The van der Waals surface area contributed by atoms with Crippen LogP contribution < -0.4 is 0 Å². The summed E-state index contributed by atoms with van der Waals surface area (Å²) in [7, 11) is 1.27. The van der Waals surface area contributed by atoms with Crippen molar-refractivity contribution < 1.29 is 52.3 Å². The van der Waals surface area contributed by atoms with E-state index in [-0.39, 0.29) is 45.3 Å². The number of phosphoric ester groups is 1. The van der Waals surface area contributed by atoms with Crippen molar-refractivity contribution in [3.63, 3.8) is 0 Å². The third-order valence-electron chi connectivity index (χ3n) is 8.31. The maximum absolute atomic E-state index is 12.7. The van der Waals surface area contributed by atoms with Crippen molar-refractivity contribution in [2.75, 3.05) is 47.5 Å². The van der Waals surface area contributed by atoms with Gasteiger partial charge in [-0.15, -0.1) is 0 Å². The molecule has 0 aliphatic carbocycles. The average molecular weight is 835 g/mol. The molecule has 0 aromatic carbocycles. The molecule has 0 saturated carbocycles. The van der Waals surface area contributed by atoms with Crippen molar-refractivity contribution in [2.45, 2.75) is 135 Å². The van der Waals surface area contributed by atoms with Crippen LogP contribution in [0, 0.1) is 0 Å². The van der Waals surface area contributed by atoms with Gasteiger partial charge in [0.25, 0.3) is 0 Å². The van der Waals surface area contributed by atoms with E-state index in [0.29, 0.717) is 17.4 Å². The van der Waals surface area contributed by atoms with Crippen LogP contribution in [0.15, 0.2) is 97.2 Å². The first-order chi connectivity index (χ1) is 27.8. The van der Waals surface area contributed by atoms with Crippen molar-refractivity contribution in [3.05, 3.63) is 97.2 Å². The Morgan fingerprint density at radius 1 is 0.603 bits per heavy atom. The number of ether oxygens (including phenoxy) is 2. The van der Waals surface area contributed by atoms with Gasteiger partial charge in [0.2, 0.25) is 0 Å². The molecule has 0 heterocycles. The van der Waals surface area contributed by atoms with Crippen LogP contribution >= 0.6 is 7.82 Å². The predicted octanol–water partition coefficient (Wildman–Crippen LogP) is 9.73. The number of hydrogen-bond acceptors (Lipinski definition) is 9. The first-order valence-electron chi connectivity index (χ1n) is 21.1. The second kappa shape index (κ2) is 36.9. The lowest BCUT2D eigenvalue weighted by Crippen LogP contribution is -2.37. The maximum Gasteiger partial charge on any atom is 0.472 e. The highest BCUT2D eigenvalue weighted by molar-refractivity contribution is 7.47. The maximum atomic E-state index is 12.7. The van der Waals surface area contributed by atoms with Gasteiger partial charge in [-0.05, 0) is 89.9 Å². The van der Waals surface area contributed by atoms with Crippen LogP contribution in [0.4, 0.5) is 0 Å². The molecule has 0 aliphatic rings. The molecule has 12 heteroatoms. The molecule has 0 radical (unpaired) electrons. The summed E-state index contributed by atoms with van der Waals surface area (Å²) < 4.78 is 34.0. The van der Waals surface area contributed by atoms with E-state index in [1.54, 1.807) is 0 Å². The van der Waals surface area contributed by atoms with Gasteiger partial charge in [-0.3, -0.25) is 18.6 Å². The van der Waals surface area contributed by atoms with Gasteiger partial charge in [-0.25, -0.2) is 4.57 Å². The highest BCUT2D eigenvalue weighted by atomic mass is 31.2. The summed E-state index contributed by atoms with van der Waals surface area (Å²) in [5.74, 6) is -1.15. The lowest BCUT2D eigenvalue weighted by molar-refractivity contribution is -0.870. The molecule has 0 saturated heterocycles.